The fourth-order valence-corrected chi connectivity index (χ4v) is 5.41. The number of aliphatic hydroxyl groups is 1. The first-order valence-corrected chi connectivity index (χ1v) is 18.2. The van der Waals surface area contributed by atoms with Crippen LogP contribution in [-0.4, -0.2) is 42.2 Å². The molecule has 0 aromatic heterocycles. The molecule has 5 heteroatoms. The van der Waals surface area contributed by atoms with E-state index in [1.807, 2.05) is 30.4 Å². The molecule has 0 bridgehead atoms. The number of carbonyl (C=O) groups excluding carboxylic acids is 1. The van der Waals surface area contributed by atoms with Crippen LogP contribution in [0.25, 0.3) is 0 Å². The van der Waals surface area contributed by atoms with Gasteiger partial charge in [0.05, 0.1) is 24.9 Å². The third-order valence-electron chi connectivity index (χ3n) is 8.05. The van der Waals surface area contributed by atoms with Crippen LogP contribution in [0.1, 0.15) is 38.2 Å². The molecule has 1 aliphatic heterocycles. The van der Waals surface area contributed by atoms with Crippen molar-refractivity contribution in [1.82, 2.24) is 5.32 Å². The maximum Gasteiger partial charge on any atom is 0.297 e. The number of amides is 1. The standard InChI is InChI=1S/C53H41NO4/c1-6-11-12-13-14-15-16-17-18-19-20-21-22-23-24-25-26-27-28-29-30-31-35-43-52(56)54-49(50(55)42-37-36-41-45-39-33-32-34-40-45)44-57-53-48(10-5)46(8-3)47(9-4)51(58-53)38-7-2/h7-10,32-34,39-40,46-51,53,55H,2-5,36-38,41-42,44H2,1H3,(H,54,56)/t46-,47+,48?,49-,50+,51?,53-/m0/s1. The van der Waals surface area contributed by atoms with E-state index in [-0.39, 0.29) is 30.5 Å². The van der Waals surface area contributed by atoms with Gasteiger partial charge < -0.3 is 19.9 Å². The van der Waals surface area contributed by atoms with Crippen molar-refractivity contribution in [3.63, 3.8) is 0 Å². The first-order chi connectivity index (χ1) is 28.5. The Hall–Kier alpha value is -7.75. The molecule has 2 N–H and O–H groups in total. The van der Waals surface area contributed by atoms with Crippen molar-refractivity contribution in [2.45, 2.75) is 63.6 Å². The number of aliphatic hydroxyl groups excluding tert-OH is 1. The SMILES string of the molecule is C=CCC1O[C@H](OC[C@H](NC(=O)C#CC#CC#CC#CC#CC#CC#CC#CC#CC#CC#CC#CC)[C@H](O)CCCCc2ccccc2)C(C=C)[C@@H](C=C)[C@H]1C=C. The van der Waals surface area contributed by atoms with Gasteiger partial charge in [-0.1, -0.05) is 67.0 Å². The van der Waals surface area contributed by atoms with Crippen molar-refractivity contribution in [2.24, 2.45) is 17.8 Å². The second-order valence-electron chi connectivity index (χ2n) is 11.8. The number of unbranched alkanes of at least 4 members (excludes halogenated alkanes) is 1. The Morgan fingerprint density at radius 3 is 1.66 bits per heavy atom. The van der Waals surface area contributed by atoms with Crippen molar-refractivity contribution in [3.05, 3.63) is 86.5 Å². The molecule has 5 nitrogen and oxygen atoms in total. The average molecular weight is 756 g/mol. The van der Waals surface area contributed by atoms with Crippen LogP contribution in [0.4, 0.5) is 0 Å². The van der Waals surface area contributed by atoms with Crippen LogP contribution < -0.4 is 5.32 Å². The van der Waals surface area contributed by atoms with Gasteiger partial charge >= 0.3 is 0 Å². The number of aryl methyl sites for hydroxylation is 1. The van der Waals surface area contributed by atoms with E-state index in [2.05, 4.69) is 186 Å². The number of hydrogen-bond acceptors (Lipinski definition) is 4. The Morgan fingerprint density at radius 1 is 0.707 bits per heavy atom. The highest BCUT2D eigenvalue weighted by molar-refractivity contribution is 5.94. The zero-order valence-electron chi connectivity index (χ0n) is 32.5. The van der Waals surface area contributed by atoms with Gasteiger partial charge in [0, 0.05) is 53.3 Å². The number of nitrogens with one attached hydrogen (secondary N) is 1. The minimum Gasteiger partial charge on any atom is -0.391 e. The summed E-state index contributed by atoms with van der Waals surface area (Å²) >= 11 is 0. The number of allylic oxidation sites excluding steroid dienone is 1. The fourth-order valence-electron chi connectivity index (χ4n) is 5.41. The quantitative estimate of drug-likeness (QED) is 0.150. The van der Waals surface area contributed by atoms with E-state index in [0.29, 0.717) is 12.8 Å². The molecule has 0 radical (unpaired) electrons. The molecule has 0 aliphatic carbocycles. The summed E-state index contributed by atoms with van der Waals surface area (Å²) in [5, 5.41) is 14.0. The van der Waals surface area contributed by atoms with E-state index >= 15 is 0 Å². The van der Waals surface area contributed by atoms with Crippen molar-refractivity contribution in [3.8, 4) is 142 Å². The number of carbonyl (C=O) groups is 1. The van der Waals surface area contributed by atoms with Gasteiger partial charge in [0.15, 0.2) is 6.29 Å². The van der Waals surface area contributed by atoms with Crippen LogP contribution in [0.3, 0.4) is 0 Å². The van der Waals surface area contributed by atoms with Gasteiger partial charge in [-0.15, -0.1) is 26.3 Å². The van der Waals surface area contributed by atoms with Gasteiger partial charge in [0.2, 0.25) is 0 Å². The summed E-state index contributed by atoms with van der Waals surface area (Å²) in [6, 6.07) is 9.37. The second-order valence-corrected chi connectivity index (χ2v) is 11.8. The summed E-state index contributed by atoms with van der Waals surface area (Å²) < 4.78 is 12.6. The molecule has 282 valence electrons. The van der Waals surface area contributed by atoms with E-state index in [1.165, 1.54) is 5.56 Å². The first kappa shape index (κ1) is 46.4. The molecule has 7 atom stereocenters. The second kappa shape index (κ2) is 30.6. The molecule has 1 amide bonds. The largest absolute Gasteiger partial charge is 0.391 e. The Morgan fingerprint density at radius 2 is 1.19 bits per heavy atom. The number of benzene rings is 1. The topological polar surface area (TPSA) is 67.8 Å². The summed E-state index contributed by atoms with van der Waals surface area (Å²) in [5.74, 6) is 59.5. The third-order valence-corrected chi connectivity index (χ3v) is 8.05. The van der Waals surface area contributed by atoms with Gasteiger partial charge in [-0.25, -0.2) is 0 Å². The van der Waals surface area contributed by atoms with Gasteiger partial charge in [0.25, 0.3) is 5.91 Å². The maximum absolute atomic E-state index is 12.9. The normalized spacial score (nSPS) is 17.0. The molecule has 1 aromatic carbocycles. The predicted molar refractivity (Wildman–Crippen MR) is 231 cm³/mol. The molecule has 58 heavy (non-hydrogen) atoms. The lowest BCUT2D eigenvalue weighted by Crippen LogP contribution is -2.50. The molecule has 1 aromatic rings. The Bertz CT molecular complexity index is 2420. The third kappa shape index (κ3) is 19.5. The van der Waals surface area contributed by atoms with Crippen LogP contribution in [0.2, 0.25) is 0 Å². The fraction of sp³-hybridized carbons (Fsp3) is 0.264. The van der Waals surface area contributed by atoms with E-state index < -0.39 is 24.3 Å². The molecule has 1 fully saturated rings. The summed E-state index contributed by atoms with van der Waals surface area (Å²) in [4.78, 5) is 12.9. The first-order valence-electron chi connectivity index (χ1n) is 18.2. The molecule has 2 rings (SSSR count). The maximum atomic E-state index is 12.9. The van der Waals surface area contributed by atoms with Crippen LogP contribution >= 0.6 is 0 Å². The van der Waals surface area contributed by atoms with Crippen LogP contribution in [0, 0.1) is 160 Å². The highest BCUT2D eigenvalue weighted by atomic mass is 16.7. The Balaban J connectivity index is 2.01. The highest BCUT2D eigenvalue weighted by Crippen LogP contribution is 2.39. The highest BCUT2D eigenvalue weighted by Gasteiger charge is 2.42. The van der Waals surface area contributed by atoms with Crippen molar-refractivity contribution >= 4 is 5.91 Å². The molecular weight excluding hydrogens is 715 g/mol. The molecule has 1 aliphatic rings. The number of rotatable bonds is 15. The lowest BCUT2D eigenvalue weighted by Gasteiger charge is -2.44. The van der Waals surface area contributed by atoms with E-state index in [0.717, 1.165) is 19.3 Å². The van der Waals surface area contributed by atoms with E-state index in [4.69, 9.17) is 9.47 Å². The molecule has 2 unspecified atom stereocenters. The lowest BCUT2D eigenvalue weighted by atomic mass is 9.75. The number of hydrogen-bond donors (Lipinski definition) is 2. The molecule has 1 heterocycles. The molecule has 0 saturated carbocycles. The average Bonchev–Trinajstić information content (AvgIpc) is 3.24. The van der Waals surface area contributed by atoms with Crippen molar-refractivity contribution in [1.29, 1.82) is 0 Å². The number of ether oxygens (including phenoxy) is 2. The summed E-state index contributed by atoms with van der Waals surface area (Å²) in [6.45, 7) is 17.6. The minimum atomic E-state index is -0.908. The van der Waals surface area contributed by atoms with Gasteiger partial charge in [-0.3, -0.25) is 4.79 Å². The van der Waals surface area contributed by atoms with E-state index in [9.17, 15) is 9.90 Å². The van der Waals surface area contributed by atoms with E-state index in [1.54, 1.807) is 19.1 Å². The van der Waals surface area contributed by atoms with Crippen LogP contribution in [-0.2, 0) is 20.7 Å². The predicted octanol–water partition coefficient (Wildman–Crippen LogP) is 5.03. The monoisotopic (exact) mass is 755 g/mol. The smallest absolute Gasteiger partial charge is 0.297 e. The van der Waals surface area contributed by atoms with Gasteiger partial charge in [-0.05, 0) is 139 Å². The van der Waals surface area contributed by atoms with Crippen LogP contribution in [0.15, 0.2) is 81.0 Å². The van der Waals surface area contributed by atoms with Gasteiger partial charge in [0.1, 0.15) is 0 Å². The summed E-state index contributed by atoms with van der Waals surface area (Å²) in [7, 11) is 0. The zero-order valence-corrected chi connectivity index (χ0v) is 32.5. The van der Waals surface area contributed by atoms with Gasteiger partial charge in [-0.2, -0.15) is 0 Å². The minimum absolute atomic E-state index is 0.0126. The summed E-state index contributed by atoms with van der Waals surface area (Å²) in [5.41, 5.74) is 1.22. The van der Waals surface area contributed by atoms with Crippen LogP contribution in [0.5, 0.6) is 0 Å². The molecule has 0 spiro atoms. The zero-order chi connectivity index (χ0) is 41.9. The lowest BCUT2D eigenvalue weighted by molar-refractivity contribution is -0.236. The Labute approximate surface area is 346 Å². The summed E-state index contributed by atoms with van der Waals surface area (Å²) in [6.07, 6.45) is 8.98. The molecular formula is C53H41NO4. The Kier molecular flexibility index (Phi) is 24.5. The van der Waals surface area contributed by atoms with Crippen molar-refractivity contribution in [2.75, 3.05) is 6.61 Å². The molecule has 1 saturated heterocycles. The van der Waals surface area contributed by atoms with Crippen molar-refractivity contribution < 1.29 is 19.4 Å².